The highest BCUT2D eigenvalue weighted by Crippen LogP contribution is 2.23. The quantitative estimate of drug-likeness (QED) is 0.852. The summed E-state index contributed by atoms with van der Waals surface area (Å²) >= 11 is 0. The van der Waals surface area contributed by atoms with Gasteiger partial charge in [0.2, 0.25) is 0 Å². The van der Waals surface area contributed by atoms with Crippen LogP contribution in [0.25, 0.3) is 11.1 Å². The molecule has 2 aromatic rings. The largest absolute Gasteiger partial charge is 0.326 e. The maximum atomic E-state index is 5.65. The molecule has 3 nitrogen and oxygen atoms in total. The average molecular weight is 215 g/mol. The van der Waals surface area contributed by atoms with Gasteiger partial charge in [-0.05, 0) is 23.6 Å². The molecular formula is C13H17N3. The summed E-state index contributed by atoms with van der Waals surface area (Å²) in [5.41, 5.74) is 10.4. The van der Waals surface area contributed by atoms with Crippen LogP contribution in [-0.2, 0) is 20.0 Å². The smallest absolute Gasteiger partial charge is 0.0700 e. The summed E-state index contributed by atoms with van der Waals surface area (Å²) in [6, 6.07) is 8.33. The third-order valence-electron chi connectivity index (χ3n) is 2.71. The van der Waals surface area contributed by atoms with Crippen molar-refractivity contribution in [3.8, 4) is 11.1 Å². The molecule has 0 bridgehead atoms. The minimum absolute atomic E-state index is 0.579. The summed E-state index contributed by atoms with van der Waals surface area (Å²) in [6.07, 6.45) is 3.01. The second-order valence-electron chi connectivity index (χ2n) is 3.92. The van der Waals surface area contributed by atoms with Gasteiger partial charge in [-0.15, -0.1) is 0 Å². The molecule has 2 rings (SSSR count). The van der Waals surface area contributed by atoms with Gasteiger partial charge in [-0.25, -0.2) is 0 Å². The van der Waals surface area contributed by atoms with Crippen LogP contribution in [0.3, 0.4) is 0 Å². The number of nitrogens with two attached hydrogens (primary N) is 1. The summed E-state index contributed by atoms with van der Waals surface area (Å²) in [6.45, 7) is 2.70. The zero-order valence-corrected chi connectivity index (χ0v) is 9.77. The highest BCUT2D eigenvalue weighted by atomic mass is 15.2. The van der Waals surface area contributed by atoms with Crippen LogP contribution in [0.2, 0.25) is 0 Å². The second-order valence-corrected chi connectivity index (χ2v) is 3.92. The number of hydrogen-bond donors (Lipinski definition) is 1. The molecule has 16 heavy (non-hydrogen) atoms. The minimum Gasteiger partial charge on any atom is -0.326 e. The van der Waals surface area contributed by atoms with Crippen molar-refractivity contribution in [2.45, 2.75) is 19.9 Å². The normalized spacial score (nSPS) is 10.7. The highest BCUT2D eigenvalue weighted by Gasteiger charge is 2.08. The van der Waals surface area contributed by atoms with Gasteiger partial charge >= 0.3 is 0 Å². The van der Waals surface area contributed by atoms with Crippen LogP contribution in [-0.4, -0.2) is 9.78 Å². The lowest BCUT2D eigenvalue weighted by Gasteiger charge is -2.02. The number of aryl methyl sites for hydroxylation is 2. The molecule has 2 N–H and O–H groups in total. The summed E-state index contributed by atoms with van der Waals surface area (Å²) in [7, 11) is 1.95. The van der Waals surface area contributed by atoms with E-state index in [-0.39, 0.29) is 0 Å². The molecule has 0 atom stereocenters. The van der Waals surface area contributed by atoms with Crippen LogP contribution >= 0.6 is 0 Å². The van der Waals surface area contributed by atoms with Crippen molar-refractivity contribution in [2.75, 3.05) is 0 Å². The molecule has 0 spiro atoms. The van der Waals surface area contributed by atoms with Crippen molar-refractivity contribution in [1.29, 1.82) is 0 Å². The van der Waals surface area contributed by atoms with Gasteiger partial charge in [0.25, 0.3) is 0 Å². The molecule has 1 aromatic carbocycles. The zero-order chi connectivity index (χ0) is 11.5. The summed E-state index contributed by atoms with van der Waals surface area (Å²) in [5, 5.41) is 4.45. The molecule has 84 valence electrons. The van der Waals surface area contributed by atoms with Gasteiger partial charge < -0.3 is 5.73 Å². The van der Waals surface area contributed by atoms with Crippen molar-refractivity contribution in [2.24, 2.45) is 12.8 Å². The predicted octanol–water partition coefficient (Wildman–Crippen LogP) is 2.11. The molecule has 1 aromatic heterocycles. The second kappa shape index (κ2) is 4.49. The van der Waals surface area contributed by atoms with Crippen LogP contribution < -0.4 is 5.73 Å². The van der Waals surface area contributed by atoms with E-state index in [9.17, 15) is 0 Å². The lowest BCUT2D eigenvalue weighted by Crippen LogP contribution is -1.96. The molecule has 0 aliphatic heterocycles. The molecule has 1 heterocycles. The Bertz CT molecular complexity index is 486. The number of benzene rings is 1. The van der Waals surface area contributed by atoms with Crippen LogP contribution in [0.1, 0.15) is 18.2 Å². The maximum Gasteiger partial charge on any atom is 0.0700 e. The number of hydrogen-bond acceptors (Lipinski definition) is 2. The summed E-state index contributed by atoms with van der Waals surface area (Å²) in [5.74, 6) is 0. The van der Waals surface area contributed by atoms with Gasteiger partial charge in [-0.1, -0.05) is 25.1 Å². The minimum atomic E-state index is 0.579. The van der Waals surface area contributed by atoms with E-state index in [2.05, 4.69) is 30.4 Å². The molecule has 0 amide bonds. The Balaban J connectivity index is 2.48. The zero-order valence-electron chi connectivity index (χ0n) is 9.77. The third kappa shape index (κ3) is 1.99. The lowest BCUT2D eigenvalue weighted by molar-refractivity contribution is 0.746. The first-order chi connectivity index (χ1) is 7.74. The molecule has 0 radical (unpaired) electrons. The standard InChI is InChI=1S/C13H17N3/c1-3-13-12(9-16(2)15-13)11-6-4-5-10(7-11)8-14/h4-7,9H,3,8,14H2,1-2H3. The Labute approximate surface area is 95.9 Å². The predicted molar refractivity (Wildman–Crippen MR) is 65.9 cm³/mol. The summed E-state index contributed by atoms with van der Waals surface area (Å²) in [4.78, 5) is 0. The fourth-order valence-corrected chi connectivity index (χ4v) is 1.90. The monoisotopic (exact) mass is 215 g/mol. The first-order valence-electron chi connectivity index (χ1n) is 5.56. The van der Waals surface area contributed by atoms with Crippen molar-refractivity contribution in [3.05, 3.63) is 41.7 Å². The fraction of sp³-hybridized carbons (Fsp3) is 0.308. The topological polar surface area (TPSA) is 43.8 Å². The van der Waals surface area contributed by atoms with Crippen LogP contribution in [0.4, 0.5) is 0 Å². The molecule has 0 saturated heterocycles. The highest BCUT2D eigenvalue weighted by molar-refractivity contribution is 5.66. The Hall–Kier alpha value is -1.61. The van der Waals surface area contributed by atoms with Crippen molar-refractivity contribution in [1.82, 2.24) is 9.78 Å². The first-order valence-corrected chi connectivity index (χ1v) is 5.56. The number of rotatable bonds is 3. The van der Waals surface area contributed by atoms with E-state index < -0.39 is 0 Å². The molecule has 0 fully saturated rings. The Morgan fingerprint density at radius 3 is 2.88 bits per heavy atom. The third-order valence-corrected chi connectivity index (χ3v) is 2.71. The van der Waals surface area contributed by atoms with Gasteiger partial charge in [0.15, 0.2) is 0 Å². The van der Waals surface area contributed by atoms with Gasteiger partial charge in [0.1, 0.15) is 0 Å². The summed E-state index contributed by atoms with van der Waals surface area (Å²) < 4.78 is 1.86. The Kier molecular flexibility index (Phi) is 3.06. The lowest BCUT2D eigenvalue weighted by atomic mass is 10.0. The molecule has 0 saturated carbocycles. The van der Waals surface area contributed by atoms with E-state index >= 15 is 0 Å². The van der Waals surface area contributed by atoms with Crippen molar-refractivity contribution < 1.29 is 0 Å². The van der Waals surface area contributed by atoms with Crippen molar-refractivity contribution in [3.63, 3.8) is 0 Å². The Morgan fingerprint density at radius 2 is 2.19 bits per heavy atom. The molecule has 0 unspecified atom stereocenters. The van der Waals surface area contributed by atoms with Gasteiger partial charge in [0.05, 0.1) is 5.69 Å². The van der Waals surface area contributed by atoms with E-state index in [1.165, 1.54) is 11.1 Å². The van der Waals surface area contributed by atoms with E-state index in [4.69, 9.17) is 5.73 Å². The van der Waals surface area contributed by atoms with E-state index in [0.717, 1.165) is 17.7 Å². The van der Waals surface area contributed by atoms with E-state index in [1.807, 2.05) is 23.9 Å². The molecular weight excluding hydrogens is 198 g/mol. The number of nitrogens with zero attached hydrogens (tertiary/aromatic N) is 2. The van der Waals surface area contributed by atoms with Crippen molar-refractivity contribution >= 4 is 0 Å². The number of aromatic nitrogens is 2. The average Bonchev–Trinajstić information content (AvgIpc) is 2.70. The first kappa shape index (κ1) is 10.9. The van der Waals surface area contributed by atoms with E-state index in [0.29, 0.717) is 6.54 Å². The SMILES string of the molecule is CCc1nn(C)cc1-c1cccc(CN)c1. The molecule has 0 aliphatic rings. The maximum absolute atomic E-state index is 5.65. The van der Waals surface area contributed by atoms with E-state index in [1.54, 1.807) is 0 Å². The fourth-order valence-electron chi connectivity index (χ4n) is 1.90. The van der Waals surface area contributed by atoms with Gasteiger partial charge in [-0.2, -0.15) is 5.10 Å². The molecule has 0 aliphatic carbocycles. The Morgan fingerprint density at radius 1 is 1.38 bits per heavy atom. The van der Waals surface area contributed by atoms with Gasteiger partial charge in [-0.3, -0.25) is 4.68 Å². The van der Waals surface area contributed by atoms with Crippen LogP contribution in [0, 0.1) is 0 Å². The van der Waals surface area contributed by atoms with Crippen LogP contribution in [0.15, 0.2) is 30.5 Å². The molecule has 3 heteroatoms. The van der Waals surface area contributed by atoms with Crippen LogP contribution in [0.5, 0.6) is 0 Å². The van der Waals surface area contributed by atoms with Gasteiger partial charge in [0, 0.05) is 25.4 Å².